The van der Waals surface area contributed by atoms with Gasteiger partial charge in [0.2, 0.25) is 11.9 Å². The Morgan fingerprint density at radius 2 is 1.97 bits per heavy atom. The van der Waals surface area contributed by atoms with Crippen molar-refractivity contribution in [1.29, 1.82) is 5.26 Å². The highest BCUT2D eigenvalue weighted by molar-refractivity contribution is 6.02. The van der Waals surface area contributed by atoms with Crippen LogP contribution in [-0.2, 0) is 4.79 Å². The molecule has 10 heteroatoms. The highest BCUT2D eigenvalue weighted by Gasteiger charge is 2.19. The molecule has 4 rings (SSSR count). The molecule has 0 aliphatic heterocycles. The number of benzene rings is 2. The Kier molecular flexibility index (Phi) is 8.13. The maximum atomic E-state index is 12.3. The fourth-order valence-electron chi connectivity index (χ4n) is 4.32. The average Bonchev–Trinajstić information content (AvgIpc) is 3.27. The molecular weight excluding hydrogens is 492 g/mol. The Balaban J connectivity index is 1.78. The van der Waals surface area contributed by atoms with Crippen LogP contribution in [0.2, 0.25) is 0 Å². The molecule has 0 saturated heterocycles. The van der Waals surface area contributed by atoms with Crippen LogP contribution < -0.4 is 20.3 Å². The number of methoxy groups -OCH3 is 1. The number of anilines is 4. The summed E-state index contributed by atoms with van der Waals surface area (Å²) in [7, 11) is 7.54. The van der Waals surface area contributed by atoms with Crippen LogP contribution in [0, 0.1) is 18.3 Å². The standard InChI is InChI=1S/C29H32N8O2/c1-7-26(38)33-22-14-23(25(39-6)15-24(22)37(5)13-12-36(3)4)34-29-31-17-19(16-30)28(35-29)27-18(2)32-21-11-9-8-10-20(21)27/h7-11,14-15,17,32H,1,12-13H2,2-6H3,(H,33,38)(H,31,34,35). The molecule has 0 saturated carbocycles. The summed E-state index contributed by atoms with van der Waals surface area (Å²) >= 11 is 0. The third kappa shape index (κ3) is 5.84. The number of para-hydroxylation sites is 1. The first-order chi connectivity index (χ1) is 18.7. The number of nitriles is 1. The molecule has 0 fully saturated rings. The van der Waals surface area contributed by atoms with Crippen LogP contribution in [0.4, 0.5) is 23.0 Å². The van der Waals surface area contributed by atoms with Gasteiger partial charge in [-0.1, -0.05) is 24.8 Å². The first-order valence-electron chi connectivity index (χ1n) is 12.4. The van der Waals surface area contributed by atoms with E-state index in [-0.39, 0.29) is 11.9 Å². The van der Waals surface area contributed by atoms with Gasteiger partial charge in [0.1, 0.15) is 11.8 Å². The number of hydrogen-bond donors (Lipinski definition) is 3. The zero-order chi connectivity index (χ0) is 28.1. The van der Waals surface area contributed by atoms with E-state index < -0.39 is 0 Å². The van der Waals surface area contributed by atoms with Crippen molar-refractivity contribution in [2.75, 3.05) is 56.9 Å². The molecule has 2 heterocycles. The second kappa shape index (κ2) is 11.7. The predicted octanol–water partition coefficient (Wildman–Crippen LogP) is 4.68. The third-order valence-corrected chi connectivity index (χ3v) is 6.34. The summed E-state index contributed by atoms with van der Waals surface area (Å²) in [6.07, 6.45) is 2.72. The lowest BCUT2D eigenvalue weighted by Gasteiger charge is -2.26. The van der Waals surface area contributed by atoms with Crippen LogP contribution >= 0.6 is 0 Å². The first-order valence-corrected chi connectivity index (χ1v) is 12.4. The monoisotopic (exact) mass is 524 g/mol. The third-order valence-electron chi connectivity index (χ3n) is 6.34. The molecular formula is C29H32N8O2. The fraction of sp³-hybridized carbons (Fsp3) is 0.241. The second-order valence-electron chi connectivity index (χ2n) is 9.35. The normalized spacial score (nSPS) is 10.8. The molecule has 0 bridgehead atoms. The number of aromatic amines is 1. The van der Waals surface area contributed by atoms with Crippen molar-refractivity contribution < 1.29 is 9.53 Å². The molecule has 1 amide bonds. The molecule has 2 aromatic heterocycles. The van der Waals surface area contributed by atoms with Crippen molar-refractivity contribution in [2.24, 2.45) is 0 Å². The minimum absolute atomic E-state index is 0.279. The van der Waals surface area contributed by atoms with E-state index >= 15 is 0 Å². The van der Waals surface area contributed by atoms with Crippen molar-refractivity contribution >= 4 is 39.8 Å². The number of carbonyl (C=O) groups is 1. The van der Waals surface area contributed by atoms with Crippen LogP contribution in [0.3, 0.4) is 0 Å². The molecule has 0 spiro atoms. The number of nitrogens with one attached hydrogen (secondary N) is 3. The van der Waals surface area contributed by atoms with Crippen molar-refractivity contribution in [3.05, 3.63) is 66.5 Å². The molecule has 39 heavy (non-hydrogen) atoms. The quantitative estimate of drug-likeness (QED) is 0.256. The van der Waals surface area contributed by atoms with Gasteiger partial charge in [-0.05, 0) is 39.2 Å². The highest BCUT2D eigenvalue weighted by atomic mass is 16.5. The zero-order valence-corrected chi connectivity index (χ0v) is 22.8. The fourth-order valence-corrected chi connectivity index (χ4v) is 4.32. The number of rotatable bonds is 10. The van der Waals surface area contributed by atoms with Crippen LogP contribution in [-0.4, -0.2) is 67.1 Å². The summed E-state index contributed by atoms with van der Waals surface area (Å²) in [6.45, 7) is 7.08. The molecule has 0 radical (unpaired) electrons. The minimum Gasteiger partial charge on any atom is -0.494 e. The predicted molar refractivity (Wildman–Crippen MR) is 156 cm³/mol. The summed E-state index contributed by atoms with van der Waals surface area (Å²) in [4.78, 5) is 28.9. The van der Waals surface area contributed by atoms with Gasteiger partial charge >= 0.3 is 0 Å². The van der Waals surface area contributed by atoms with Gasteiger partial charge in [-0.15, -0.1) is 0 Å². The van der Waals surface area contributed by atoms with E-state index in [1.165, 1.54) is 12.3 Å². The number of likely N-dealkylation sites (N-methyl/N-ethyl adjacent to an activating group) is 2. The lowest BCUT2D eigenvalue weighted by molar-refractivity contribution is -0.111. The molecule has 200 valence electrons. The van der Waals surface area contributed by atoms with Gasteiger partial charge in [0.25, 0.3) is 0 Å². The van der Waals surface area contributed by atoms with Gasteiger partial charge < -0.3 is 30.2 Å². The van der Waals surface area contributed by atoms with Gasteiger partial charge in [0.05, 0.1) is 41.6 Å². The van der Waals surface area contributed by atoms with E-state index in [0.29, 0.717) is 28.4 Å². The molecule has 4 aromatic rings. The Labute approximate surface area is 227 Å². The SMILES string of the molecule is C=CC(=O)Nc1cc(Nc2ncc(C#N)c(-c3c(C)[nH]c4ccccc34)n2)c(OC)cc1N(C)CCN(C)C. The van der Waals surface area contributed by atoms with E-state index in [0.717, 1.165) is 40.9 Å². The van der Waals surface area contributed by atoms with E-state index in [4.69, 9.17) is 9.72 Å². The zero-order valence-electron chi connectivity index (χ0n) is 22.8. The maximum absolute atomic E-state index is 12.3. The van der Waals surface area contributed by atoms with Crippen LogP contribution in [0.1, 0.15) is 11.3 Å². The van der Waals surface area contributed by atoms with Crippen LogP contribution in [0.25, 0.3) is 22.2 Å². The second-order valence-corrected chi connectivity index (χ2v) is 9.35. The molecule has 10 nitrogen and oxygen atoms in total. The number of H-pyrrole nitrogens is 1. The lowest BCUT2D eigenvalue weighted by Crippen LogP contribution is -2.29. The molecule has 0 unspecified atom stereocenters. The Hall–Kier alpha value is -4.88. The van der Waals surface area contributed by atoms with E-state index in [9.17, 15) is 10.1 Å². The van der Waals surface area contributed by atoms with Crippen molar-refractivity contribution in [2.45, 2.75) is 6.92 Å². The highest BCUT2D eigenvalue weighted by Crippen LogP contribution is 2.39. The molecule has 2 aromatic carbocycles. The number of ether oxygens (including phenoxy) is 1. The van der Waals surface area contributed by atoms with Crippen molar-refractivity contribution in [1.82, 2.24) is 19.9 Å². The van der Waals surface area contributed by atoms with Crippen LogP contribution in [0.5, 0.6) is 5.75 Å². The molecule has 3 N–H and O–H groups in total. The molecule has 0 aliphatic rings. The maximum Gasteiger partial charge on any atom is 0.247 e. The van der Waals surface area contributed by atoms with Gasteiger partial charge in [-0.3, -0.25) is 4.79 Å². The Bertz CT molecular complexity index is 1570. The molecule has 0 aliphatic carbocycles. The van der Waals surface area contributed by atoms with Gasteiger partial charge in [-0.25, -0.2) is 9.97 Å². The summed E-state index contributed by atoms with van der Waals surface area (Å²) in [6, 6.07) is 13.7. The minimum atomic E-state index is -0.333. The van der Waals surface area contributed by atoms with E-state index in [2.05, 4.69) is 38.1 Å². The van der Waals surface area contributed by atoms with Gasteiger partial charge in [0.15, 0.2) is 0 Å². The number of fused-ring (bicyclic) bond motifs is 1. The topological polar surface area (TPSA) is 122 Å². The molecule has 0 atom stereocenters. The summed E-state index contributed by atoms with van der Waals surface area (Å²) in [5, 5.41) is 16.9. The number of aromatic nitrogens is 3. The lowest BCUT2D eigenvalue weighted by atomic mass is 10.0. The smallest absolute Gasteiger partial charge is 0.247 e. The summed E-state index contributed by atoms with van der Waals surface area (Å²) < 4.78 is 5.70. The average molecular weight is 525 g/mol. The number of amides is 1. The van der Waals surface area contributed by atoms with Gasteiger partial charge in [-0.2, -0.15) is 5.26 Å². The number of hydrogen-bond acceptors (Lipinski definition) is 8. The Morgan fingerprint density at radius 3 is 2.67 bits per heavy atom. The summed E-state index contributed by atoms with van der Waals surface area (Å²) in [5.41, 5.74) is 5.48. The van der Waals surface area contributed by atoms with E-state index in [1.54, 1.807) is 13.2 Å². The van der Waals surface area contributed by atoms with Crippen LogP contribution in [0.15, 0.2) is 55.3 Å². The van der Waals surface area contributed by atoms with Crippen molar-refractivity contribution in [3.8, 4) is 23.1 Å². The first kappa shape index (κ1) is 27.2. The Morgan fingerprint density at radius 1 is 1.21 bits per heavy atom. The summed E-state index contributed by atoms with van der Waals surface area (Å²) in [5.74, 6) is 0.484. The van der Waals surface area contributed by atoms with Crippen molar-refractivity contribution in [3.63, 3.8) is 0 Å². The van der Waals surface area contributed by atoms with E-state index in [1.807, 2.05) is 63.3 Å². The number of aryl methyl sites for hydroxylation is 1. The number of carbonyl (C=O) groups excluding carboxylic acids is 1. The number of nitrogens with zero attached hydrogens (tertiary/aromatic N) is 5. The van der Waals surface area contributed by atoms with Gasteiger partial charge in [0, 0.05) is 48.4 Å². The largest absolute Gasteiger partial charge is 0.494 e.